The van der Waals surface area contributed by atoms with Gasteiger partial charge in [-0.1, -0.05) is 57.2 Å². The lowest BCUT2D eigenvalue weighted by atomic mass is 9.84. The van der Waals surface area contributed by atoms with Crippen LogP contribution in [0.5, 0.6) is 0 Å². The van der Waals surface area contributed by atoms with Crippen LogP contribution in [-0.4, -0.2) is 4.57 Å². The summed E-state index contributed by atoms with van der Waals surface area (Å²) >= 11 is 0. The van der Waals surface area contributed by atoms with Gasteiger partial charge in [0.25, 0.3) is 5.82 Å². The van der Waals surface area contributed by atoms with E-state index in [-0.39, 0.29) is 5.41 Å². The van der Waals surface area contributed by atoms with Gasteiger partial charge in [-0.3, -0.25) is 0 Å². The van der Waals surface area contributed by atoms with E-state index < -0.39 is 0 Å². The van der Waals surface area contributed by atoms with Crippen molar-refractivity contribution in [2.24, 2.45) is 12.5 Å². The Balaban J connectivity index is 1.70. The number of nitrogens with zero attached hydrogens (tertiary/aromatic N) is 2. The molecule has 3 nitrogen and oxygen atoms in total. The topological polar surface area (TPSA) is 21.9 Å². The van der Waals surface area contributed by atoms with Gasteiger partial charge in [-0.2, -0.15) is 0 Å². The molecular formula is C29H31N2O+. The van der Waals surface area contributed by atoms with E-state index in [0.717, 1.165) is 24.1 Å². The number of benzene rings is 3. The summed E-state index contributed by atoms with van der Waals surface area (Å²) in [5.74, 6) is 1.26. The lowest BCUT2D eigenvalue weighted by molar-refractivity contribution is -0.664. The zero-order valence-electron chi connectivity index (χ0n) is 19.7. The number of hydrogen-bond acceptors (Lipinski definition) is 1. The molecule has 0 atom stereocenters. The molecule has 6 rings (SSSR count). The molecule has 1 aliphatic heterocycles. The fraction of sp³-hybridized carbons (Fsp3) is 0.345. The fourth-order valence-electron chi connectivity index (χ4n) is 5.75. The molecule has 0 saturated heterocycles. The van der Waals surface area contributed by atoms with Gasteiger partial charge in [-0.15, -0.1) is 0 Å². The van der Waals surface area contributed by atoms with Crippen molar-refractivity contribution < 1.29 is 8.98 Å². The summed E-state index contributed by atoms with van der Waals surface area (Å²) < 4.78 is 11.4. The van der Waals surface area contributed by atoms with Gasteiger partial charge in [-0.25, -0.2) is 9.13 Å². The van der Waals surface area contributed by atoms with Crippen molar-refractivity contribution in [3.63, 3.8) is 0 Å². The third-order valence-corrected chi connectivity index (χ3v) is 7.07. The minimum Gasteiger partial charge on any atom is -0.455 e. The summed E-state index contributed by atoms with van der Waals surface area (Å²) in [4.78, 5) is 0. The van der Waals surface area contributed by atoms with Crippen LogP contribution >= 0.6 is 0 Å². The third-order valence-electron chi connectivity index (χ3n) is 7.07. The van der Waals surface area contributed by atoms with E-state index in [1.165, 1.54) is 57.2 Å². The number of furan rings is 1. The van der Waals surface area contributed by atoms with Gasteiger partial charge in [0.1, 0.15) is 11.1 Å². The quantitative estimate of drug-likeness (QED) is 0.284. The first-order valence-corrected chi connectivity index (χ1v) is 11.8. The second kappa shape index (κ2) is 6.71. The van der Waals surface area contributed by atoms with E-state index in [2.05, 4.69) is 92.4 Å². The molecule has 0 bridgehead atoms. The van der Waals surface area contributed by atoms with Crippen molar-refractivity contribution >= 4 is 33.0 Å². The minimum absolute atomic E-state index is 0.278. The highest BCUT2D eigenvalue weighted by Crippen LogP contribution is 2.39. The number of fused-ring (bicyclic) bond motifs is 3. The normalized spacial score (nSPS) is 14.2. The summed E-state index contributed by atoms with van der Waals surface area (Å²) in [5, 5.41) is 2.39. The van der Waals surface area contributed by atoms with Crippen LogP contribution in [0.25, 0.3) is 44.4 Å². The standard InChI is InChI=1S/C29H31N2O/c1-18-12-14-22-21-9-6-7-11-24(21)32-27(22)25(18)28-30(5)23-15-13-19(17-29(2,3)4)20-10-8-16-31(28)26(20)23/h6-7,9,11-15H,8,10,16-17H2,1-5H3/q+1. The first kappa shape index (κ1) is 19.6. The van der Waals surface area contributed by atoms with Gasteiger partial charge in [-0.05, 0) is 54.9 Å². The minimum atomic E-state index is 0.278. The number of para-hydroxylation sites is 1. The Hall–Kier alpha value is -3.07. The third kappa shape index (κ3) is 2.76. The van der Waals surface area contributed by atoms with Gasteiger partial charge >= 0.3 is 0 Å². The first-order chi connectivity index (χ1) is 15.3. The molecule has 1 aliphatic rings. The maximum Gasteiger partial charge on any atom is 0.293 e. The van der Waals surface area contributed by atoms with Crippen LogP contribution in [0.2, 0.25) is 0 Å². The molecule has 5 aromatic rings. The van der Waals surface area contributed by atoms with Crippen LogP contribution in [0.3, 0.4) is 0 Å². The first-order valence-electron chi connectivity index (χ1n) is 11.8. The van der Waals surface area contributed by atoms with Crippen LogP contribution in [-0.2, 0) is 26.4 Å². The monoisotopic (exact) mass is 423 g/mol. The Morgan fingerprint density at radius 2 is 1.81 bits per heavy atom. The molecule has 2 aromatic heterocycles. The molecular weight excluding hydrogens is 392 g/mol. The molecule has 3 heteroatoms. The van der Waals surface area contributed by atoms with Crippen LogP contribution in [0, 0.1) is 12.3 Å². The van der Waals surface area contributed by atoms with Gasteiger partial charge in [0.15, 0.2) is 16.6 Å². The summed E-state index contributed by atoms with van der Waals surface area (Å²) in [7, 11) is 2.22. The maximum atomic E-state index is 6.48. The van der Waals surface area contributed by atoms with E-state index in [0.29, 0.717) is 0 Å². The van der Waals surface area contributed by atoms with Crippen molar-refractivity contribution in [2.45, 2.75) is 53.5 Å². The Kier molecular flexibility index (Phi) is 4.11. The molecule has 0 amide bonds. The van der Waals surface area contributed by atoms with Crippen molar-refractivity contribution in [1.29, 1.82) is 0 Å². The van der Waals surface area contributed by atoms with Crippen LogP contribution in [0.15, 0.2) is 52.9 Å². The molecule has 32 heavy (non-hydrogen) atoms. The Morgan fingerprint density at radius 1 is 1.00 bits per heavy atom. The van der Waals surface area contributed by atoms with Crippen molar-refractivity contribution in [2.75, 3.05) is 0 Å². The number of aryl methyl sites for hydroxylation is 4. The summed E-state index contributed by atoms with van der Waals surface area (Å²) in [6.07, 6.45) is 3.46. The average Bonchev–Trinajstić information content (AvgIpc) is 3.26. The zero-order valence-corrected chi connectivity index (χ0v) is 19.7. The molecule has 0 aliphatic carbocycles. The van der Waals surface area contributed by atoms with Crippen molar-refractivity contribution in [3.05, 3.63) is 65.2 Å². The molecule has 0 N–H and O–H groups in total. The Morgan fingerprint density at radius 3 is 2.62 bits per heavy atom. The smallest absolute Gasteiger partial charge is 0.293 e. The zero-order chi connectivity index (χ0) is 22.2. The summed E-state index contributed by atoms with van der Waals surface area (Å²) in [6.45, 7) is 10.3. The predicted octanol–water partition coefficient (Wildman–Crippen LogP) is 6.88. The van der Waals surface area contributed by atoms with Crippen molar-refractivity contribution in [3.8, 4) is 11.4 Å². The molecule has 0 radical (unpaired) electrons. The van der Waals surface area contributed by atoms with E-state index in [1.807, 2.05) is 0 Å². The van der Waals surface area contributed by atoms with Crippen LogP contribution in [0.4, 0.5) is 0 Å². The number of aromatic nitrogens is 2. The van der Waals surface area contributed by atoms with Gasteiger partial charge < -0.3 is 4.42 Å². The highest BCUT2D eigenvalue weighted by atomic mass is 16.3. The van der Waals surface area contributed by atoms with E-state index in [9.17, 15) is 0 Å². The van der Waals surface area contributed by atoms with Gasteiger partial charge in [0.2, 0.25) is 0 Å². The summed E-state index contributed by atoms with van der Waals surface area (Å²) in [6, 6.07) is 17.5. The van der Waals surface area contributed by atoms with Gasteiger partial charge in [0.05, 0.1) is 13.6 Å². The fourth-order valence-corrected chi connectivity index (χ4v) is 5.75. The molecule has 0 fully saturated rings. The Labute approximate surface area is 189 Å². The van der Waals surface area contributed by atoms with E-state index in [1.54, 1.807) is 5.56 Å². The lowest BCUT2D eigenvalue weighted by Gasteiger charge is -2.22. The van der Waals surface area contributed by atoms with Gasteiger partial charge in [0, 0.05) is 16.3 Å². The molecule has 0 saturated carbocycles. The van der Waals surface area contributed by atoms with Crippen LogP contribution < -0.4 is 4.57 Å². The second-order valence-electron chi connectivity index (χ2n) is 10.7. The number of rotatable bonds is 2. The van der Waals surface area contributed by atoms with Crippen molar-refractivity contribution in [1.82, 2.24) is 4.57 Å². The highest BCUT2D eigenvalue weighted by Gasteiger charge is 2.33. The number of hydrogen-bond donors (Lipinski definition) is 0. The largest absolute Gasteiger partial charge is 0.455 e. The van der Waals surface area contributed by atoms with E-state index >= 15 is 0 Å². The predicted molar refractivity (Wildman–Crippen MR) is 132 cm³/mol. The lowest BCUT2D eigenvalue weighted by Crippen LogP contribution is -2.39. The molecule has 3 heterocycles. The average molecular weight is 424 g/mol. The molecule has 0 unspecified atom stereocenters. The molecule has 162 valence electrons. The van der Waals surface area contributed by atoms with Crippen LogP contribution in [0.1, 0.15) is 43.9 Å². The maximum absolute atomic E-state index is 6.48. The van der Waals surface area contributed by atoms with E-state index in [4.69, 9.17) is 4.42 Å². The highest BCUT2D eigenvalue weighted by molar-refractivity contribution is 6.09. The SMILES string of the molecule is Cc1ccc2c(oc3ccccc32)c1-c1n(C)c2ccc(CC(C)(C)C)c3c2[n+]1CCC3. The molecule has 3 aromatic carbocycles. The second-order valence-corrected chi connectivity index (χ2v) is 10.7. The molecule has 0 spiro atoms. The Bertz CT molecular complexity index is 1520. The summed E-state index contributed by atoms with van der Waals surface area (Å²) in [5.41, 5.74) is 10.5. The number of imidazole rings is 1.